The van der Waals surface area contributed by atoms with E-state index in [2.05, 4.69) is 26.1 Å². The van der Waals surface area contributed by atoms with Crippen molar-refractivity contribution in [3.63, 3.8) is 0 Å². The summed E-state index contributed by atoms with van der Waals surface area (Å²) in [6.07, 6.45) is 0.988. The summed E-state index contributed by atoms with van der Waals surface area (Å²) in [7, 11) is 1.62. The van der Waals surface area contributed by atoms with Crippen LogP contribution in [-0.2, 0) is 9.53 Å². The molecule has 90 valence electrons. The van der Waals surface area contributed by atoms with Gasteiger partial charge in [-0.05, 0) is 25.7 Å². The molecule has 0 saturated carbocycles. The molecule has 0 aromatic heterocycles. The monoisotopic (exact) mass is 215 g/mol. The molecule has 0 radical (unpaired) electrons. The van der Waals surface area contributed by atoms with E-state index >= 15 is 0 Å². The zero-order valence-corrected chi connectivity index (χ0v) is 10.9. The molecule has 0 unspecified atom stereocenters. The minimum absolute atomic E-state index is 0.0635. The molecule has 0 aliphatic carbocycles. The van der Waals surface area contributed by atoms with Crippen LogP contribution < -0.4 is 5.32 Å². The maximum absolute atomic E-state index is 11.7. The summed E-state index contributed by atoms with van der Waals surface area (Å²) >= 11 is 0. The van der Waals surface area contributed by atoms with Crippen LogP contribution in [0.3, 0.4) is 0 Å². The van der Waals surface area contributed by atoms with E-state index in [1.165, 1.54) is 0 Å². The molecule has 15 heavy (non-hydrogen) atoms. The maximum Gasteiger partial charge on any atom is 0.227 e. The molecule has 0 atom stereocenters. The fourth-order valence-corrected chi connectivity index (χ4v) is 1.22. The van der Waals surface area contributed by atoms with Crippen molar-refractivity contribution in [3.8, 4) is 0 Å². The second kappa shape index (κ2) is 5.50. The van der Waals surface area contributed by atoms with Gasteiger partial charge < -0.3 is 10.1 Å². The highest BCUT2D eigenvalue weighted by Crippen LogP contribution is 2.18. The van der Waals surface area contributed by atoms with Gasteiger partial charge in [0.05, 0.1) is 12.0 Å². The molecule has 0 rings (SSSR count). The molecule has 0 bridgehead atoms. The number of carbonyl (C=O) groups excluding carboxylic acids is 1. The van der Waals surface area contributed by atoms with E-state index in [9.17, 15) is 4.79 Å². The third kappa shape index (κ3) is 6.50. The van der Waals surface area contributed by atoms with Crippen LogP contribution in [0.25, 0.3) is 0 Å². The Balaban J connectivity index is 3.94. The largest absolute Gasteiger partial charge is 0.384 e. The van der Waals surface area contributed by atoms with E-state index in [0.29, 0.717) is 6.61 Å². The van der Waals surface area contributed by atoms with Crippen molar-refractivity contribution in [1.29, 1.82) is 0 Å². The molecule has 0 aromatic carbocycles. The van der Waals surface area contributed by atoms with Gasteiger partial charge in [0.2, 0.25) is 5.91 Å². The number of carbonyl (C=O) groups is 1. The van der Waals surface area contributed by atoms with Crippen LogP contribution in [0.1, 0.15) is 41.0 Å². The third-order valence-electron chi connectivity index (χ3n) is 2.28. The van der Waals surface area contributed by atoms with Gasteiger partial charge in [0.25, 0.3) is 0 Å². The molecule has 0 aliphatic heterocycles. The second-order valence-electron chi connectivity index (χ2n) is 5.88. The Bertz CT molecular complexity index is 204. The highest BCUT2D eigenvalue weighted by atomic mass is 16.5. The summed E-state index contributed by atoms with van der Waals surface area (Å²) in [4.78, 5) is 11.7. The molecule has 1 amide bonds. The van der Waals surface area contributed by atoms with Crippen LogP contribution in [0.2, 0.25) is 0 Å². The minimum atomic E-state index is -0.438. The highest BCUT2D eigenvalue weighted by molar-refractivity contribution is 5.81. The van der Waals surface area contributed by atoms with Crippen molar-refractivity contribution < 1.29 is 9.53 Å². The number of hydrogen-bond donors (Lipinski definition) is 1. The number of methoxy groups -OCH3 is 1. The predicted molar refractivity (Wildman–Crippen MR) is 62.7 cm³/mol. The average molecular weight is 215 g/mol. The summed E-state index contributed by atoms with van der Waals surface area (Å²) in [6.45, 7) is 11.5. The zero-order valence-electron chi connectivity index (χ0n) is 10.9. The molecular formula is C12H25NO2. The second-order valence-corrected chi connectivity index (χ2v) is 5.88. The van der Waals surface area contributed by atoms with Crippen molar-refractivity contribution in [2.24, 2.45) is 10.8 Å². The Morgan fingerprint density at radius 3 is 2.13 bits per heavy atom. The first kappa shape index (κ1) is 14.4. The molecule has 0 saturated heterocycles. The fraction of sp³-hybridized carbons (Fsp3) is 0.917. The first-order chi connectivity index (χ1) is 6.69. The summed E-state index contributed by atoms with van der Waals surface area (Å²) in [6, 6.07) is 0. The van der Waals surface area contributed by atoms with Gasteiger partial charge in [-0.2, -0.15) is 0 Å². The van der Waals surface area contributed by atoms with Crippen molar-refractivity contribution >= 4 is 5.91 Å². The lowest BCUT2D eigenvalue weighted by atomic mass is 9.91. The SMILES string of the molecule is COCC(C)(C)C(=O)NCCC(C)(C)C. The van der Waals surface area contributed by atoms with Gasteiger partial charge in [-0.3, -0.25) is 4.79 Å². The topological polar surface area (TPSA) is 38.3 Å². The number of nitrogens with one attached hydrogen (secondary N) is 1. The highest BCUT2D eigenvalue weighted by Gasteiger charge is 2.27. The van der Waals surface area contributed by atoms with E-state index < -0.39 is 5.41 Å². The number of rotatable bonds is 5. The van der Waals surface area contributed by atoms with E-state index in [-0.39, 0.29) is 11.3 Å². The Kier molecular flexibility index (Phi) is 5.29. The molecule has 0 heterocycles. The van der Waals surface area contributed by atoms with E-state index in [4.69, 9.17) is 4.74 Å². The van der Waals surface area contributed by atoms with E-state index in [1.54, 1.807) is 7.11 Å². The lowest BCUT2D eigenvalue weighted by molar-refractivity contribution is -0.132. The van der Waals surface area contributed by atoms with Crippen LogP contribution in [-0.4, -0.2) is 26.2 Å². The summed E-state index contributed by atoms with van der Waals surface area (Å²) in [5.74, 6) is 0.0635. The lowest BCUT2D eigenvalue weighted by Gasteiger charge is -2.24. The summed E-state index contributed by atoms with van der Waals surface area (Å²) in [5, 5.41) is 2.95. The van der Waals surface area contributed by atoms with Crippen molar-refractivity contribution in [3.05, 3.63) is 0 Å². The lowest BCUT2D eigenvalue weighted by Crippen LogP contribution is -2.40. The van der Waals surface area contributed by atoms with Gasteiger partial charge in [0, 0.05) is 13.7 Å². The molecular weight excluding hydrogens is 190 g/mol. The maximum atomic E-state index is 11.7. The molecule has 3 nitrogen and oxygen atoms in total. The smallest absolute Gasteiger partial charge is 0.227 e. The van der Waals surface area contributed by atoms with E-state index in [0.717, 1.165) is 13.0 Å². The van der Waals surface area contributed by atoms with Crippen molar-refractivity contribution in [1.82, 2.24) is 5.32 Å². The number of hydrogen-bond acceptors (Lipinski definition) is 2. The number of ether oxygens (including phenoxy) is 1. The summed E-state index contributed by atoms with van der Waals surface area (Å²) in [5.41, 5.74) is -0.175. The van der Waals surface area contributed by atoms with Crippen molar-refractivity contribution in [2.45, 2.75) is 41.0 Å². The van der Waals surface area contributed by atoms with Gasteiger partial charge in [0.1, 0.15) is 0 Å². The van der Waals surface area contributed by atoms with Crippen LogP contribution in [0.15, 0.2) is 0 Å². The van der Waals surface area contributed by atoms with E-state index in [1.807, 2.05) is 13.8 Å². The Morgan fingerprint density at radius 2 is 1.73 bits per heavy atom. The van der Waals surface area contributed by atoms with Gasteiger partial charge in [-0.25, -0.2) is 0 Å². The minimum Gasteiger partial charge on any atom is -0.384 e. The molecule has 3 heteroatoms. The Labute approximate surface area is 93.6 Å². The zero-order chi connectivity index (χ0) is 12.1. The Morgan fingerprint density at radius 1 is 1.20 bits per heavy atom. The molecule has 0 spiro atoms. The Hall–Kier alpha value is -0.570. The molecule has 0 aromatic rings. The first-order valence-corrected chi connectivity index (χ1v) is 5.46. The van der Waals surface area contributed by atoms with Crippen molar-refractivity contribution in [2.75, 3.05) is 20.3 Å². The third-order valence-corrected chi connectivity index (χ3v) is 2.28. The van der Waals surface area contributed by atoms with Gasteiger partial charge in [-0.15, -0.1) is 0 Å². The first-order valence-electron chi connectivity index (χ1n) is 5.46. The average Bonchev–Trinajstić information content (AvgIpc) is 2.01. The van der Waals surface area contributed by atoms with Crippen LogP contribution in [0, 0.1) is 10.8 Å². The quantitative estimate of drug-likeness (QED) is 0.763. The van der Waals surface area contributed by atoms with Crippen LogP contribution >= 0.6 is 0 Å². The standard InChI is InChI=1S/C12H25NO2/c1-11(2,3)7-8-13-10(14)12(4,5)9-15-6/h7-9H2,1-6H3,(H,13,14). The molecule has 0 aliphatic rings. The van der Waals surface area contributed by atoms with Gasteiger partial charge in [-0.1, -0.05) is 20.8 Å². The normalized spacial score (nSPS) is 12.7. The van der Waals surface area contributed by atoms with Gasteiger partial charge in [0.15, 0.2) is 0 Å². The van der Waals surface area contributed by atoms with Crippen LogP contribution in [0.5, 0.6) is 0 Å². The predicted octanol–water partition coefficient (Wildman–Crippen LogP) is 2.21. The van der Waals surface area contributed by atoms with Gasteiger partial charge >= 0.3 is 0 Å². The number of amides is 1. The molecule has 1 N–H and O–H groups in total. The fourth-order valence-electron chi connectivity index (χ4n) is 1.22. The molecule has 0 fully saturated rings. The summed E-state index contributed by atoms with van der Waals surface area (Å²) < 4.78 is 5.01. The van der Waals surface area contributed by atoms with Crippen LogP contribution in [0.4, 0.5) is 0 Å².